The number of nitrogens with zero attached hydrogens (tertiary/aromatic N) is 3. The van der Waals surface area contributed by atoms with Gasteiger partial charge in [-0.15, -0.1) is 0 Å². The summed E-state index contributed by atoms with van der Waals surface area (Å²) >= 11 is 0. The Morgan fingerprint density at radius 3 is 2.61 bits per heavy atom. The van der Waals surface area contributed by atoms with Gasteiger partial charge in [-0.1, -0.05) is 0 Å². The Hall–Kier alpha value is -1.61. The summed E-state index contributed by atoms with van der Waals surface area (Å²) in [5, 5.41) is 10.6. The summed E-state index contributed by atoms with van der Waals surface area (Å²) in [6.45, 7) is 2.54. The summed E-state index contributed by atoms with van der Waals surface area (Å²) in [7, 11) is 3.72. The lowest BCUT2D eigenvalue weighted by Crippen LogP contribution is -2.44. The normalized spacial score (nSPS) is 16.9. The molecule has 1 rings (SSSR count). The van der Waals surface area contributed by atoms with Gasteiger partial charge in [-0.05, 0) is 38.9 Å². The van der Waals surface area contributed by atoms with Crippen molar-refractivity contribution in [2.24, 2.45) is 5.92 Å². The number of nitrogens with one attached hydrogen (secondary N) is 1. The number of hydrogen-bond donors (Lipinski definition) is 1. The molecule has 2 amide bonds. The van der Waals surface area contributed by atoms with Gasteiger partial charge in [0.15, 0.2) is 0 Å². The Labute approximate surface area is 108 Å². The van der Waals surface area contributed by atoms with Crippen LogP contribution in [-0.2, 0) is 9.59 Å². The van der Waals surface area contributed by atoms with Crippen molar-refractivity contribution in [3.8, 4) is 6.07 Å². The van der Waals surface area contributed by atoms with Gasteiger partial charge in [-0.25, -0.2) is 0 Å². The highest BCUT2D eigenvalue weighted by Gasteiger charge is 2.23. The number of rotatable bonds is 3. The van der Waals surface area contributed by atoms with E-state index in [1.807, 2.05) is 0 Å². The maximum absolute atomic E-state index is 11.7. The van der Waals surface area contributed by atoms with Crippen molar-refractivity contribution in [3.63, 3.8) is 0 Å². The van der Waals surface area contributed by atoms with Crippen molar-refractivity contribution in [2.75, 3.05) is 40.3 Å². The van der Waals surface area contributed by atoms with Gasteiger partial charge < -0.3 is 15.1 Å². The lowest BCUT2D eigenvalue weighted by Gasteiger charge is -2.31. The molecule has 6 heteroatoms. The van der Waals surface area contributed by atoms with E-state index in [2.05, 4.69) is 17.3 Å². The summed E-state index contributed by atoms with van der Waals surface area (Å²) in [6, 6.07) is 1.77. The number of hydrogen-bond acceptors (Lipinski definition) is 4. The zero-order valence-corrected chi connectivity index (χ0v) is 11.0. The molecule has 0 aromatic heterocycles. The molecule has 0 aromatic carbocycles. The first kappa shape index (κ1) is 14.5. The minimum Gasteiger partial charge on any atom is -0.337 e. The van der Waals surface area contributed by atoms with Crippen molar-refractivity contribution in [1.82, 2.24) is 15.1 Å². The van der Waals surface area contributed by atoms with Crippen LogP contribution in [0.4, 0.5) is 0 Å². The van der Waals surface area contributed by atoms with Gasteiger partial charge in [-0.3, -0.25) is 9.59 Å². The van der Waals surface area contributed by atoms with Crippen LogP contribution in [0.5, 0.6) is 0 Å². The van der Waals surface area contributed by atoms with Gasteiger partial charge >= 0.3 is 11.8 Å². The fourth-order valence-corrected chi connectivity index (χ4v) is 2.08. The molecule has 1 heterocycles. The molecule has 1 fully saturated rings. The van der Waals surface area contributed by atoms with Crippen molar-refractivity contribution in [1.29, 1.82) is 5.26 Å². The predicted molar refractivity (Wildman–Crippen MR) is 66.5 cm³/mol. The summed E-state index contributed by atoms with van der Waals surface area (Å²) < 4.78 is 0. The van der Waals surface area contributed by atoms with Crippen LogP contribution in [0.1, 0.15) is 12.8 Å². The minimum atomic E-state index is -0.702. The maximum atomic E-state index is 11.7. The maximum Gasteiger partial charge on any atom is 0.311 e. The van der Waals surface area contributed by atoms with Crippen LogP contribution in [-0.4, -0.2) is 61.9 Å². The molecule has 1 N–H and O–H groups in total. The van der Waals surface area contributed by atoms with Gasteiger partial charge in [-0.2, -0.15) is 5.26 Å². The summed E-state index contributed by atoms with van der Waals surface area (Å²) in [6.07, 6.45) is 2.10. The molecule has 0 atom stereocenters. The zero-order chi connectivity index (χ0) is 13.5. The molecule has 0 radical (unpaired) electrons. The number of likely N-dealkylation sites (tertiary alicyclic amines) is 1. The van der Waals surface area contributed by atoms with Crippen LogP contribution >= 0.6 is 0 Å². The molecule has 0 aromatic rings. The average molecular weight is 252 g/mol. The standard InChI is InChI=1S/C12H20N4O2/c1-15-7-3-10(4-8-15)9-16(2)12(18)11(17)14-6-5-13/h10H,3-4,6-9H2,1-2H3,(H,14,17). The third-order valence-electron chi connectivity index (χ3n) is 3.24. The van der Waals surface area contributed by atoms with Gasteiger partial charge in [0.25, 0.3) is 0 Å². The number of carbonyl (C=O) groups excluding carboxylic acids is 2. The number of nitriles is 1. The van der Waals surface area contributed by atoms with E-state index in [1.54, 1.807) is 13.1 Å². The number of carbonyl (C=O) groups is 2. The summed E-state index contributed by atoms with van der Waals surface area (Å²) in [4.78, 5) is 26.8. The summed E-state index contributed by atoms with van der Waals surface area (Å²) in [5.41, 5.74) is 0. The van der Waals surface area contributed by atoms with E-state index in [9.17, 15) is 9.59 Å². The third-order valence-corrected chi connectivity index (χ3v) is 3.24. The van der Waals surface area contributed by atoms with E-state index in [4.69, 9.17) is 5.26 Å². The van der Waals surface area contributed by atoms with Crippen LogP contribution in [0.25, 0.3) is 0 Å². The Kier molecular flexibility index (Phi) is 5.59. The van der Waals surface area contributed by atoms with E-state index in [0.29, 0.717) is 12.5 Å². The molecule has 0 bridgehead atoms. The molecule has 1 aliphatic heterocycles. The first-order chi connectivity index (χ1) is 8.54. The molecule has 0 unspecified atom stereocenters. The van der Waals surface area contributed by atoms with Crippen LogP contribution in [0.2, 0.25) is 0 Å². The van der Waals surface area contributed by atoms with Crippen LogP contribution in [0.15, 0.2) is 0 Å². The molecule has 0 spiro atoms. The Morgan fingerprint density at radius 2 is 2.06 bits per heavy atom. The van der Waals surface area contributed by atoms with E-state index in [-0.39, 0.29) is 6.54 Å². The Morgan fingerprint density at radius 1 is 1.44 bits per heavy atom. The smallest absolute Gasteiger partial charge is 0.311 e. The van der Waals surface area contributed by atoms with E-state index < -0.39 is 11.8 Å². The SMILES string of the molecule is CN1CCC(CN(C)C(=O)C(=O)NCC#N)CC1. The molecular formula is C12H20N4O2. The molecule has 1 aliphatic rings. The fraction of sp³-hybridized carbons (Fsp3) is 0.750. The molecule has 100 valence electrons. The number of piperidine rings is 1. The molecule has 1 saturated heterocycles. The first-order valence-electron chi connectivity index (χ1n) is 6.13. The monoisotopic (exact) mass is 252 g/mol. The Balaban J connectivity index is 2.35. The van der Waals surface area contributed by atoms with E-state index in [0.717, 1.165) is 25.9 Å². The van der Waals surface area contributed by atoms with Crippen molar-refractivity contribution < 1.29 is 9.59 Å². The molecule has 6 nitrogen and oxygen atoms in total. The second-order valence-corrected chi connectivity index (χ2v) is 4.77. The van der Waals surface area contributed by atoms with Gasteiger partial charge in [0.05, 0.1) is 6.07 Å². The van der Waals surface area contributed by atoms with Gasteiger partial charge in [0.2, 0.25) is 0 Å². The molecule has 18 heavy (non-hydrogen) atoms. The van der Waals surface area contributed by atoms with Crippen LogP contribution in [0.3, 0.4) is 0 Å². The van der Waals surface area contributed by atoms with E-state index in [1.165, 1.54) is 4.90 Å². The lowest BCUT2D eigenvalue weighted by atomic mass is 9.97. The lowest BCUT2D eigenvalue weighted by molar-refractivity contribution is -0.145. The minimum absolute atomic E-state index is 0.132. The third kappa shape index (κ3) is 4.34. The van der Waals surface area contributed by atoms with Crippen molar-refractivity contribution in [3.05, 3.63) is 0 Å². The highest BCUT2D eigenvalue weighted by molar-refractivity contribution is 6.34. The molecule has 0 aliphatic carbocycles. The Bertz CT molecular complexity index is 342. The van der Waals surface area contributed by atoms with Crippen molar-refractivity contribution >= 4 is 11.8 Å². The summed E-state index contributed by atoms with van der Waals surface area (Å²) in [5.74, 6) is -0.810. The van der Waals surface area contributed by atoms with Crippen LogP contribution in [0, 0.1) is 17.2 Å². The second-order valence-electron chi connectivity index (χ2n) is 4.77. The number of likely N-dealkylation sites (N-methyl/N-ethyl adjacent to an activating group) is 1. The highest BCUT2D eigenvalue weighted by atomic mass is 16.2. The molecule has 0 saturated carbocycles. The highest BCUT2D eigenvalue weighted by Crippen LogP contribution is 2.16. The van der Waals surface area contributed by atoms with Gasteiger partial charge in [0, 0.05) is 13.6 Å². The van der Waals surface area contributed by atoms with E-state index >= 15 is 0 Å². The van der Waals surface area contributed by atoms with Gasteiger partial charge in [0.1, 0.15) is 6.54 Å². The zero-order valence-electron chi connectivity index (χ0n) is 11.0. The topological polar surface area (TPSA) is 76.4 Å². The molecular weight excluding hydrogens is 232 g/mol. The quantitative estimate of drug-likeness (QED) is 0.539. The van der Waals surface area contributed by atoms with Crippen LogP contribution < -0.4 is 5.32 Å². The average Bonchev–Trinajstić information content (AvgIpc) is 2.37. The fourth-order valence-electron chi connectivity index (χ4n) is 2.08. The number of amides is 2. The van der Waals surface area contributed by atoms with Crippen molar-refractivity contribution in [2.45, 2.75) is 12.8 Å². The predicted octanol–water partition coefficient (Wildman–Crippen LogP) is -0.574. The largest absolute Gasteiger partial charge is 0.337 e. The second kappa shape index (κ2) is 6.97. The first-order valence-corrected chi connectivity index (χ1v) is 6.13.